The van der Waals surface area contributed by atoms with Crippen molar-refractivity contribution >= 4 is 23.4 Å². The molecular formula is C22H32N4O4+2. The first-order chi connectivity index (χ1) is 14.5. The van der Waals surface area contributed by atoms with Crippen molar-refractivity contribution in [1.29, 1.82) is 0 Å². The van der Waals surface area contributed by atoms with Crippen LogP contribution in [0.25, 0.3) is 0 Å². The number of nitrogens with one attached hydrogen (secondary N) is 2. The Labute approximate surface area is 176 Å². The third kappa shape index (κ3) is 3.58. The Balaban J connectivity index is 1.47. The minimum Gasteiger partial charge on any atom is -0.497 e. The number of nitrogens with two attached hydrogens (primary N) is 1. The number of quaternary nitrogens is 2. The number of carbonyl (C=O) groups is 3. The molecule has 0 spiro atoms. The van der Waals surface area contributed by atoms with Gasteiger partial charge in [-0.05, 0) is 31.4 Å². The predicted molar refractivity (Wildman–Crippen MR) is 110 cm³/mol. The number of benzene rings is 1. The summed E-state index contributed by atoms with van der Waals surface area (Å²) in [6.07, 6.45) is 5.02. The molecule has 0 saturated carbocycles. The summed E-state index contributed by atoms with van der Waals surface area (Å²) in [5, 5.41) is 0. The van der Waals surface area contributed by atoms with Gasteiger partial charge in [0.25, 0.3) is 11.8 Å². The SMILES string of the molecule is COc1cccc(N2C(=O)C[C@@H]([NH+]3CCC(C(N)=O)([NH+]4CCCCC4)CC3)C2=O)c1. The molecular weight excluding hydrogens is 384 g/mol. The number of piperidine rings is 2. The minimum absolute atomic E-state index is 0.167. The van der Waals surface area contributed by atoms with E-state index >= 15 is 0 Å². The van der Waals surface area contributed by atoms with E-state index in [0.717, 1.165) is 30.8 Å². The van der Waals surface area contributed by atoms with Crippen LogP contribution in [0.4, 0.5) is 5.69 Å². The highest BCUT2D eigenvalue weighted by Gasteiger charge is 2.54. The smallest absolute Gasteiger partial charge is 0.292 e. The third-order valence-corrected chi connectivity index (χ3v) is 7.30. The van der Waals surface area contributed by atoms with Crippen LogP contribution in [0.2, 0.25) is 0 Å². The zero-order chi connectivity index (χ0) is 21.3. The monoisotopic (exact) mass is 416 g/mol. The number of ether oxygens (including phenoxy) is 1. The average molecular weight is 417 g/mol. The molecule has 3 amide bonds. The second-order valence-electron chi connectivity index (χ2n) is 8.79. The third-order valence-electron chi connectivity index (χ3n) is 7.30. The van der Waals surface area contributed by atoms with Gasteiger partial charge in [0.15, 0.2) is 11.6 Å². The number of primary amides is 1. The highest BCUT2D eigenvalue weighted by Crippen LogP contribution is 2.26. The second kappa shape index (κ2) is 8.35. The maximum atomic E-state index is 13.2. The first kappa shape index (κ1) is 20.8. The summed E-state index contributed by atoms with van der Waals surface area (Å²) in [6, 6.07) is 6.63. The number of hydrogen-bond donors (Lipinski definition) is 3. The van der Waals surface area contributed by atoms with Crippen LogP contribution in [0, 0.1) is 0 Å². The van der Waals surface area contributed by atoms with Crippen LogP contribution in [0.1, 0.15) is 38.5 Å². The molecule has 1 atom stereocenters. The summed E-state index contributed by atoms with van der Waals surface area (Å²) in [7, 11) is 1.56. The van der Waals surface area contributed by atoms with Crippen molar-refractivity contribution in [2.24, 2.45) is 5.73 Å². The first-order valence-electron chi connectivity index (χ1n) is 11.0. The maximum Gasteiger partial charge on any atom is 0.292 e. The van der Waals surface area contributed by atoms with E-state index in [1.807, 2.05) is 0 Å². The summed E-state index contributed by atoms with van der Waals surface area (Å²) >= 11 is 0. The molecule has 8 heteroatoms. The van der Waals surface area contributed by atoms with Gasteiger partial charge < -0.3 is 20.3 Å². The Morgan fingerprint density at radius 1 is 1.13 bits per heavy atom. The summed E-state index contributed by atoms with van der Waals surface area (Å²) < 4.78 is 5.23. The minimum atomic E-state index is -0.526. The fourth-order valence-corrected chi connectivity index (χ4v) is 5.55. The lowest BCUT2D eigenvalue weighted by atomic mass is 9.83. The van der Waals surface area contributed by atoms with Gasteiger partial charge in [0.1, 0.15) is 5.75 Å². The molecule has 162 valence electrons. The number of amides is 3. The van der Waals surface area contributed by atoms with E-state index in [1.165, 1.54) is 16.2 Å². The van der Waals surface area contributed by atoms with Crippen LogP contribution < -0.4 is 25.2 Å². The number of methoxy groups -OCH3 is 1. The quantitative estimate of drug-likeness (QED) is 0.499. The molecule has 4 N–H and O–H groups in total. The molecule has 0 aliphatic carbocycles. The normalized spacial score (nSPS) is 30.5. The average Bonchev–Trinajstić information content (AvgIpc) is 3.08. The lowest BCUT2D eigenvalue weighted by Gasteiger charge is -2.44. The van der Waals surface area contributed by atoms with E-state index < -0.39 is 11.6 Å². The van der Waals surface area contributed by atoms with Crippen LogP contribution in [0.5, 0.6) is 5.75 Å². The van der Waals surface area contributed by atoms with Crippen molar-refractivity contribution in [3.63, 3.8) is 0 Å². The number of rotatable bonds is 5. The van der Waals surface area contributed by atoms with Gasteiger partial charge in [-0.25, -0.2) is 4.90 Å². The van der Waals surface area contributed by atoms with E-state index in [-0.39, 0.29) is 24.1 Å². The van der Waals surface area contributed by atoms with Crippen LogP contribution in [-0.4, -0.2) is 62.6 Å². The van der Waals surface area contributed by atoms with Crippen LogP contribution in [-0.2, 0) is 14.4 Å². The molecule has 3 saturated heterocycles. The summed E-state index contributed by atoms with van der Waals surface area (Å²) in [5.41, 5.74) is 5.92. The highest BCUT2D eigenvalue weighted by molar-refractivity contribution is 6.21. The molecule has 0 radical (unpaired) electrons. The van der Waals surface area contributed by atoms with E-state index in [0.29, 0.717) is 37.4 Å². The number of likely N-dealkylation sites (tertiary alicyclic amines) is 2. The van der Waals surface area contributed by atoms with Gasteiger partial charge in [0, 0.05) is 6.07 Å². The van der Waals surface area contributed by atoms with Crippen LogP contribution >= 0.6 is 0 Å². The summed E-state index contributed by atoms with van der Waals surface area (Å²) in [5.74, 6) is 0.0437. The number of carbonyl (C=O) groups excluding carboxylic acids is 3. The lowest BCUT2D eigenvalue weighted by Crippen LogP contribution is -3.27. The number of imide groups is 1. The summed E-state index contributed by atoms with van der Waals surface area (Å²) in [6.45, 7) is 3.34. The number of anilines is 1. The van der Waals surface area contributed by atoms with E-state index in [1.54, 1.807) is 31.4 Å². The van der Waals surface area contributed by atoms with Gasteiger partial charge in [0.2, 0.25) is 5.91 Å². The van der Waals surface area contributed by atoms with Crippen molar-refractivity contribution in [3.8, 4) is 5.75 Å². The largest absolute Gasteiger partial charge is 0.497 e. The van der Waals surface area contributed by atoms with Gasteiger partial charge >= 0.3 is 0 Å². The fraction of sp³-hybridized carbons (Fsp3) is 0.591. The Morgan fingerprint density at radius 3 is 2.47 bits per heavy atom. The van der Waals surface area contributed by atoms with Gasteiger partial charge in [0.05, 0.1) is 58.2 Å². The fourth-order valence-electron chi connectivity index (χ4n) is 5.55. The molecule has 0 bridgehead atoms. The van der Waals surface area contributed by atoms with E-state index in [4.69, 9.17) is 10.5 Å². The molecule has 3 fully saturated rings. The molecule has 3 aliphatic heterocycles. The molecule has 0 aromatic heterocycles. The van der Waals surface area contributed by atoms with Gasteiger partial charge in [-0.2, -0.15) is 0 Å². The molecule has 3 aliphatic rings. The van der Waals surface area contributed by atoms with Crippen molar-refractivity contribution < 1.29 is 28.9 Å². The zero-order valence-corrected chi connectivity index (χ0v) is 17.6. The van der Waals surface area contributed by atoms with Crippen molar-refractivity contribution in [2.45, 2.75) is 50.1 Å². The summed E-state index contributed by atoms with van der Waals surface area (Å²) in [4.78, 5) is 42.0. The first-order valence-corrected chi connectivity index (χ1v) is 11.0. The zero-order valence-electron chi connectivity index (χ0n) is 17.6. The molecule has 1 aromatic rings. The maximum absolute atomic E-state index is 13.2. The molecule has 0 unspecified atom stereocenters. The Hall–Kier alpha value is -2.45. The molecule has 8 nitrogen and oxygen atoms in total. The Morgan fingerprint density at radius 2 is 1.83 bits per heavy atom. The predicted octanol–water partition coefficient (Wildman–Crippen LogP) is -1.70. The Kier molecular flexibility index (Phi) is 5.79. The molecule has 1 aromatic carbocycles. The topological polar surface area (TPSA) is 98.6 Å². The number of hydrogen-bond acceptors (Lipinski definition) is 4. The molecule has 30 heavy (non-hydrogen) atoms. The number of nitrogens with zero attached hydrogens (tertiary/aromatic N) is 1. The van der Waals surface area contributed by atoms with Crippen LogP contribution in [0.15, 0.2) is 24.3 Å². The second-order valence-corrected chi connectivity index (χ2v) is 8.79. The Bertz CT molecular complexity index is 828. The molecule has 4 rings (SSSR count). The van der Waals surface area contributed by atoms with Crippen molar-refractivity contribution in [3.05, 3.63) is 24.3 Å². The van der Waals surface area contributed by atoms with Crippen molar-refractivity contribution in [1.82, 2.24) is 0 Å². The van der Waals surface area contributed by atoms with Gasteiger partial charge in [-0.1, -0.05) is 6.07 Å². The van der Waals surface area contributed by atoms with Crippen LogP contribution in [0.3, 0.4) is 0 Å². The van der Waals surface area contributed by atoms with Gasteiger partial charge in [-0.3, -0.25) is 14.4 Å². The standard InChI is InChI=1S/C22H30N4O4/c1-30-17-7-5-6-16(14-17)26-19(27)15-18(20(26)28)24-12-8-22(9-13-24,21(23)29)25-10-3-2-4-11-25/h5-7,14,18H,2-4,8-13,15H2,1H3,(H2,23,29)/p+2/t18-/m1/s1. The van der Waals surface area contributed by atoms with E-state index in [2.05, 4.69) is 0 Å². The van der Waals surface area contributed by atoms with Gasteiger partial charge in [-0.15, -0.1) is 0 Å². The van der Waals surface area contributed by atoms with E-state index in [9.17, 15) is 14.4 Å². The highest BCUT2D eigenvalue weighted by atomic mass is 16.5. The van der Waals surface area contributed by atoms with Crippen molar-refractivity contribution in [2.75, 3.05) is 38.2 Å². The molecule has 3 heterocycles. The lowest BCUT2D eigenvalue weighted by molar-refractivity contribution is -0.978.